The normalized spacial score (nSPS) is 10.4. The molecule has 0 aliphatic rings. The molecule has 0 atom stereocenters. The summed E-state index contributed by atoms with van der Waals surface area (Å²) in [7, 11) is 0. The molecule has 0 fully saturated rings. The number of hydrogen-bond acceptors (Lipinski definition) is 0. The van der Waals surface area contributed by atoms with Gasteiger partial charge in [-0.2, -0.15) is 0 Å². The van der Waals surface area contributed by atoms with E-state index in [-0.39, 0.29) is 5.75 Å². The van der Waals surface area contributed by atoms with Crippen LogP contribution in [0.25, 0.3) is 10.8 Å². The van der Waals surface area contributed by atoms with E-state index >= 15 is 0 Å². The van der Waals surface area contributed by atoms with E-state index in [0.29, 0.717) is 0 Å². The van der Waals surface area contributed by atoms with Crippen molar-refractivity contribution in [1.82, 2.24) is 0 Å². The molecule has 2 aromatic rings. The van der Waals surface area contributed by atoms with Crippen molar-refractivity contribution in [3.63, 3.8) is 0 Å². The lowest BCUT2D eigenvalue weighted by molar-refractivity contribution is 0.357. The largest absolute Gasteiger partial charge is 0.288 e. The lowest BCUT2D eigenvalue weighted by Gasteiger charge is -1.98. The Balaban J connectivity index is 2.91. The first-order valence-corrected chi connectivity index (χ1v) is 4.71. The second-order valence-corrected chi connectivity index (χ2v) is 3.76. The quantitative estimate of drug-likeness (QED) is 0.651. The van der Waals surface area contributed by atoms with Gasteiger partial charge in [-0.1, -0.05) is 30.3 Å². The molecule has 2 rings (SSSR count). The van der Waals surface area contributed by atoms with E-state index in [0.717, 1.165) is 14.3 Å². The first-order chi connectivity index (χ1) is 5.79. The maximum absolute atomic E-state index is 11.5. The standard InChI is InChI=1S/C10H6IO/c11-9-6-5-7-3-1-2-4-8(7)10(9)12/h1-6H. The zero-order valence-corrected chi connectivity index (χ0v) is 8.41. The minimum Gasteiger partial charge on any atom is -0.288 e. The summed E-state index contributed by atoms with van der Waals surface area (Å²) in [5, 5.41) is 13.3. The molecule has 0 bridgehead atoms. The molecule has 0 heterocycles. The fraction of sp³-hybridized carbons (Fsp3) is 0. The summed E-state index contributed by atoms with van der Waals surface area (Å²) in [6.07, 6.45) is 0. The third-order valence-corrected chi connectivity index (χ3v) is 2.68. The second-order valence-electron chi connectivity index (χ2n) is 2.60. The van der Waals surface area contributed by atoms with Gasteiger partial charge in [-0.25, -0.2) is 0 Å². The Morgan fingerprint density at radius 1 is 1.00 bits per heavy atom. The average molecular weight is 269 g/mol. The molecule has 0 aliphatic carbocycles. The molecule has 0 saturated carbocycles. The second kappa shape index (κ2) is 2.94. The van der Waals surface area contributed by atoms with Gasteiger partial charge >= 0.3 is 0 Å². The molecule has 0 saturated heterocycles. The molecule has 1 radical (unpaired) electrons. The van der Waals surface area contributed by atoms with Crippen LogP contribution in [-0.4, -0.2) is 0 Å². The SMILES string of the molecule is [O]c1c(I)ccc2ccccc12. The summed E-state index contributed by atoms with van der Waals surface area (Å²) in [5.41, 5.74) is 0. The summed E-state index contributed by atoms with van der Waals surface area (Å²) in [6.45, 7) is 0. The number of rotatable bonds is 0. The Morgan fingerprint density at radius 2 is 1.75 bits per heavy atom. The zero-order chi connectivity index (χ0) is 8.55. The van der Waals surface area contributed by atoms with E-state index in [1.807, 2.05) is 36.4 Å². The van der Waals surface area contributed by atoms with Crippen LogP contribution in [0.3, 0.4) is 0 Å². The molecule has 2 aromatic carbocycles. The summed E-state index contributed by atoms with van der Waals surface area (Å²) in [5.74, 6) is 0.133. The van der Waals surface area contributed by atoms with Gasteiger partial charge in [0.2, 0.25) is 0 Å². The smallest absolute Gasteiger partial charge is 0.199 e. The first-order valence-electron chi connectivity index (χ1n) is 3.63. The molecule has 12 heavy (non-hydrogen) atoms. The van der Waals surface area contributed by atoms with Crippen LogP contribution in [0.4, 0.5) is 0 Å². The number of hydrogen-bond donors (Lipinski definition) is 0. The Kier molecular flexibility index (Phi) is 1.92. The maximum Gasteiger partial charge on any atom is 0.199 e. The predicted molar refractivity (Wildman–Crippen MR) is 56.8 cm³/mol. The van der Waals surface area contributed by atoms with E-state index in [4.69, 9.17) is 0 Å². The lowest BCUT2D eigenvalue weighted by atomic mass is 10.1. The molecule has 1 nitrogen and oxygen atoms in total. The van der Waals surface area contributed by atoms with E-state index in [1.54, 1.807) is 0 Å². The highest BCUT2D eigenvalue weighted by Crippen LogP contribution is 2.29. The minimum absolute atomic E-state index is 0.133. The first kappa shape index (κ1) is 7.86. The van der Waals surface area contributed by atoms with Crippen molar-refractivity contribution in [2.24, 2.45) is 0 Å². The Labute approximate surface area is 84.2 Å². The fourth-order valence-corrected chi connectivity index (χ4v) is 1.69. The Hall–Kier alpha value is -0.770. The summed E-state index contributed by atoms with van der Waals surface area (Å²) in [4.78, 5) is 0. The highest BCUT2D eigenvalue weighted by Gasteiger charge is 2.03. The molecular formula is C10H6IO. The van der Waals surface area contributed by atoms with Gasteiger partial charge in [-0.3, -0.25) is 5.11 Å². The predicted octanol–water partition coefficient (Wildman–Crippen LogP) is 3.59. The molecule has 2 heteroatoms. The number of halogens is 1. The monoisotopic (exact) mass is 269 g/mol. The minimum atomic E-state index is 0.133. The highest BCUT2D eigenvalue weighted by molar-refractivity contribution is 14.1. The molecular weight excluding hydrogens is 263 g/mol. The van der Waals surface area contributed by atoms with Crippen LogP contribution in [0.15, 0.2) is 36.4 Å². The fourth-order valence-electron chi connectivity index (χ4n) is 1.22. The van der Waals surface area contributed by atoms with Crippen LogP contribution in [0.2, 0.25) is 0 Å². The van der Waals surface area contributed by atoms with E-state index in [1.165, 1.54) is 0 Å². The van der Waals surface area contributed by atoms with Crippen molar-refractivity contribution in [3.8, 4) is 5.75 Å². The molecule has 0 N–H and O–H groups in total. The number of benzene rings is 2. The van der Waals surface area contributed by atoms with Crippen LogP contribution in [0, 0.1) is 3.57 Å². The van der Waals surface area contributed by atoms with Gasteiger partial charge in [-0.05, 0) is 34.0 Å². The van der Waals surface area contributed by atoms with Gasteiger partial charge in [0.1, 0.15) is 0 Å². The number of fused-ring (bicyclic) bond motifs is 1. The highest BCUT2D eigenvalue weighted by atomic mass is 127. The molecule has 0 aromatic heterocycles. The van der Waals surface area contributed by atoms with Crippen molar-refractivity contribution in [3.05, 3.63) is 40.0 Å². The van der Waals surface area contributed by atoms with Crippen LogP contribution in [0.1, 0.15) is 0 Å². The molecule has 0 amide bonds. The summed E-state index contributed by atoms with van der Waals surface area (Å²) >= 11 is 2.06. The van der Waals surface area contributed by atoms with Crippen LogP contribution in [-0.2, 0) is 5.11 Å². The topological polar surface area (TPSA) is 19.9 Å². The van der Waals surface area contributed by atoms with Crippen molar-refractivity contribution >= 4 is 33.4 Å². The van der Waals surface area contributed by atoms with Gasteiger partial charge in [0, 0.05) is 5.39 Å². The zero-order valence-electron chi connectivity index (χ0n) is 6.25. The van der Waals surface area contributed by atoms with E-state index < -0.39 is 0 Å². The van der Waals surface area contributed by atoms with Crippen molar-refractivity contribution in [1.29, 1.82) is 0 Å². The average Bonchev–Trinajstić information content (AvgIpc) is 2.12. The molecule has 0 spiro atoms. The third kappa shape index (κ3) is 1.16. The van der Waals surface area contributed by atoms with Crippen molar-refractivity contribution < 1.29 is 5.11 Å². The van der Waals surface area contributed by atoms with Gasteiger partial charge in [0.25, 0.3) is 0 Å². The van der Waals surface area contributed by atoms with E-state index in [9.17, 15) is 5.11 Å². The van der Waals surface area contributed by atoms with Gasteiger partial charge in [0.05, 0.1) is 3.57 Å². The van der Waals surface area contributed by atoms with Gasteiger partial charge < -0.3 is 0 Å². The van der Waals surface area contributed by atoms with Crippen LogP contribution >= 0.6 is 22.6 Å². The lowest BCUT2D eigenvalue weighted by Crippen LogP contribution is -1.75. The summed E-state index contributed by atoms with van der Waals surface area (Å²) < 4.78 is 0.784. The summed E-state index contributed by atoms with van der Waals surface area (Å²) in [6, 6.07) is 11.5. The molecule has 0 aliphatic heterocycles. The van der Waals surface area contributed by atoms with Gasteiger partial charge in [0.15, 0.2) is 5.75 Å². The van der Waals surface area contributed by atoms with Crippen molar-refractivity contribution in [2.75, 3.05) is 0 Å². The van der Waals surface area contributed by atoms with E-state index in [2.05, 4.69) is 22.6 Å². The third-order valence-electron chi connectivity index (χ3n) is 1.83. The van der Waals surface area contributed by atoms with Crippen molar-refractivity contribution in [2.45, 2.75) is 0 Å². The van der Waals surface area contributed by atoms with Crippen LogP contribution < -0.4 is 0 Å². The Morgan fingerprint density at radius 3 is 2.58 bits per heavy atom. The molecule has 59 valence electrons. The Bertz CT molecular complexity index is 423. The maximum atomic E-state index is 11.5. The van der Waals surface area contributed by atoms with Crippen LogP contribution in [0.5, 0.6) is 5.75 Å². The van der Waals surface area contributed by atoms with Gasteiger partial charge in [-0.15, -0.1) is 0 Å². The molecule has 0 unspecified atom stereocenters.